The van der Waals surface area contributed by atoms with Gasteiger partial charge in [0, 0.05) is 5.56 Å². The summed E-state index contributed by atoms with van der Waals surface area (Å²) in [4.78, 5) is 10.6. The molecule has 0 atom stereocenters. The number of benzene rings is 1. The first-order chi connectivity index (χ1) is 7.51. The molecule has 1 rings (SSSR count). The number of aliphatic carboxylic acids is 1. The topological polar surface area (TPSA) is 66.8 Å². The van der Waals surface area contributed by atoms with Crippen LogP contribution in [0.5, 0.6) is 11.5 Å². The molecule has 0 amide bonds. The number of aryl methyl sites for hydroxylation is 1. The van der Waals surface area contributed by atoms with E-state index in [0.717, 1.165) is 5.56 Å². The van der Waals surface area contributed by atoms with Crippen molar-refractivity contribution in [2.45, 2.75) is 19.8 Å². The van der Waals surface area contributed by atoms with Crippen LogP contribution in [0.4, 0.5) is 0 Å². The van der Waals surface area contributed by atoms with Crippen molar-refractivity contribution in [3.05, 3.63) is 22.2 Å². The summed E-state index contributed by atoms with van der Waals surface area (Å²) >= 11 is 5.90. The highest BCUT2D eigenvalue weighted by Gasteiger charge is 2.17. The zero-order valence-electron chi connectivity index (χ0n) is 9.08. The highest BCUT2D eigenvalue weighted by molar-refractivity contribution is 6.33. The molecule has 5 heteroatoms. The molecule has 0 radical (unpaired) electrons. The summed E-state index contributed by atoms with van der Waals surface area (Å²) in [7, 11) is 1.46. The van der Waals surface area contributed by atoms with E-state index in [4.69, 9.17) is 21.4 Å². The van der Waals surface area contributed by atoms with Crippen LogP contribution in [0.1, 0.15) is 18.1 Å². The Morgan fingerprint density at radius 2 is 2.12 bits per heavy atom. The van der Waals surface area contributed by atoms with Crippen LogP contribution in [-0.2, 0) is 17.6 Å². The first-order valence-electron chi connectivity index (χ1n) is 4.80. The van der Waals surface area contributed by atoms with Crippen LogP contribution >= 0.6 is 11.6 Å². The van der Waals surface area contributed by atoms with Gasteiger partial charge in [0.1, 0.15) is 16.5 Å². The van der Waals surface area contributed by atoms with E-state index in [9.17, 15) is 9.90 Å². The van der Waals surface area contributed by atoms with Crippen LogP contribution in [0.2, 0.25) is 5.02 Å². The summed E-state index contributed by atoms with van der Waals surface area (Å²) in [5.41, 5.74) is 1.08. The van der Waals surface area contributed by atoms with Gasteiger partial charge in [0.15, 0.2) is 0 Å². The quantitative estimate of drug-likeness (QED) is 0.853. The Balaban J connectivity index is 3.32. The third-order valence-corrected chi connectivity index (χ3v) is 2.63. The Morgan fingerprint density at radius 1 is 1.50 bits per heavy atom. The predicted molar refractivity (Wildman–Crippen MR) is 60.4 cm³/mol. The van der Waals surface area contributed by atoms with Crippen molar-refractivity contribution in [3.8, 4) is 11.5 Å². The number of carboxylic acids is 1. The number of aromatic hydroxyl groups is 1. The van der Waals surface area contributed by atoms with Gasteiger partial charge in [-0.3, -0.25) is 4.79 Å². The van der Waals surface area contributed by atoms with Gasteiger partial charge in [-0.2, -0.15) is 0 Å². The Kier molecular flexibility index (Phi) is 4.01. The Hall–Kier alpha value is -1.42. The summed E-state index contributed by atoms with van der Waals surface area (Å²) in [5, 5.41) is 18.5. The van der Waals surface area contributed by atoms with Crippen LogP contribution < -0.4 is 4.74 Å². The van der Waals surface area contributed by atoms with Crippen molar-refractivity contribution in [1.29, 1.82) is 0 Å². The normalized spacial score (nSPS) is 10.2. The van der Waals surface area contributed by atoms with Crippen molar-refractivity contribution < 1.29 is 19.7 Å². The van der Waals surface area contributed by atoms with E-state index in [0.29, 0.717) is 17.7 Å². The van der Waals surface area contributed by atoms with Gasteiger partial charge in [-0.05, 0) is 18.1 Å². The van der Waals surface area contributed by atoms with Crippen molar-refractivity contribution >= 4 is 17.6 Å². The average molecular weight is 245 g/mol. The van der Waals surface area contributed by atoms with E-state index in [1.165, 1.54) is 7.11 Å². The van der Waals surface area contributed by atoms with Gasteiger partial charge in [-0.15, -0.1) is 0 Å². The number of phenolic OH excluding ortho intramolecular Hbond substituents is 1. The van der Waals surface area contributed by atoms with E-state index >= 15 is 0 Å². The van der Waals surface area contributed by atoms with E-state index in [1.54, 1.807) is 6.07 Å². The Bertz CT molecular complexity index is 415. The van der Waals surface area contributed by atoms with E-state index in [2.05, 4.69) is 0 Å². The lowest BCUT2D eigenvalue weighted by atomic mass is 10.0. The number of carbonyl (C=O) groups is 1. The van der Waals surface area contributed by atoms with Gasteiger partial charge in [0.05, 0.1) is 13.5 Å². The number of hydrogen-bond acceptors (Lipinski definition) is 3. The molecule has 1 aromatic carbocycles. The van der Waals surface area contributed by atoms with Gasteiger partial charge in [-0.25, -0.2) is 0 Å². The third kappa shape index (κ3) is 2.39. The molecule has 4 nitrogen and oxygen atoms in total. The van der Waals surface area contributed by atoms with Gasteiger partial charge in [0.25, 0.3) is 0 Å². The molecule has 0 saturated heterocycles. The highest BCUT2D eigenvalue weighted by Crippen LogP contribution is 2.39. The lowest BCUT2D eigenvalue weighted by molar-refractivity contribution is -0.136. The highest BCUT2D eigenvalue weighted by atomic mass is 35.5. The standard InChI is InChI=1S/C11H13ClO4/c1-3-6-4-7(5-8(13)14)10(15)9(12)11(6)16-2/h4,15H,3,5H2,1-2H3,(H,13,14). The second-order valence-corrected chi connectivity index (χ2v) is 3.69. The molecule has 0 aliphatic rings. The zero-order valence-corrected chi connectivity index (χ0v) is 9.84. The smallest absolute Gasteiger partial charge is 0.307 e. The van der Waals surface area contributed by atoms with Crippen LogP contribution in [0.15, 0.2) is 6.07 Å². The van der Waals surface area contributed by atoms with Crippen molar-refractivity contribution in [3.63, 3.8) is 0 Å². The summed E-state index contributed by atoms with van der Waals surface area (Å²) < 4.78 is 5.07. The van der Waals surface area contributed by atoms with E-state index < -0.39 is 5.97 Å². The monoisotopic (exact) mass is 244 g/mol. The molecule has 2 N–H and O–H groups in total. The molecule has 0 aliphatic carbocycles. The summed E-state index contributed by atoms with van der Waals surface area (Å²) in [6, 6.07) is 1.61. The van der Waals surface area contributed by atoms with E-state index in [1.807, 2.05) is 6.92 Å². The fourth-order valence-corrected chi connectivity index (χ4v) is 1.83. The molecule has 0 fully saturated rings. The molecule has 0 saturated carbocycles. The van der Waals surface area contributed by atoms with Gasteiger partial charge >= 0.3 is 5.97 Å². The fraction of sp³-hybridized carbons (Fsp3) is 0.364. The molecule has 0 heterocycles. The predicted octanol–water partition coefficient (Wildman–Crippen LogP) is 2.24. The van der Waals surface area contributed by atoms with Gasteiger partial charge in [-0.1, -0.05) is 18.5 Å². The summed E-state index contributed by atoms with van der Waals surface area (Å²) in [6.07, 6.45) is 0.387. The number of rotatable bonds is 4. The SMILES string of the molecule is CCc1cc(CC(=O)O)c(O)c(Cl)c1OC. The molecule has 88 valence electrons. The minimum Gasteiger partial charge on any atom is -0.506 e. The Labute approximate surface area is 98.4 Å². The minimum absolute atomic E-state index is 0.0677. The first kappa shape index (κ1) is 12.6. The maximum atomic E-state index is 10.6. The molecule has 0 bridgehead atoms. The molecule has 1 aromatic rings. The summed E-state index contributed by atoms with van der Waals surface area (Å²) in [5.74, 6) is -0.840. The maximum Gasteiger partial charge on any atom is 0.307 e. The average Bonchev–Trinajstić information content (AvgIpc) is 2.24. The van der Waals surface area contributed by atoms with Crippen molar-refractivity contribution in [2.24, 2.45) is 0 Å². The molecular weight excluding hydrogens is 232 g/mol. The molecule has 0 unspecified atom stereocenters. The molecule has 16 heavy (non-hydrogen) atoms. The Morgan fingerprint density at radius 3 is 2.56 bits per heavy atom. The molecular formula is C11H13ClO4. The first-order valence-corrected chi connectivity index (χ1v) is 5.18. The zero-order chi connectivity index (χ0) is 12.3. The number of ether oxygens (including phenoxy) is 1. The minimum atomic E-state index is -1.02. The number of hydrogen-bond donors (Lipinski definition) is 2. The second-order valence-electron chi connectivity index (χ2n) is 3.31. The van der Waals surface area contributed by atoms with Crippen molar-refractivity contribution in [2.75, 3.05) is 7.11 Å². The largest absolute Gasteiger partial charge is 0.506 e. The summed E-state index contributed by atoms with van der Waals surface area (Å²) in [6.45, 7) is 1.90. The van der Waals surface area contributed by atoms with Gasteiger partial charge < -0.3 is 14.9 Å². The lowest BCUT2D eigenvalue weighted by Gasteiger charge is -2.13. The number of phenols is 1. The third-order valence-electron chi connectivity index (χ3n) is 2.28. The second kappa shape index (κ2) is 5.07. The van der Waals surface area contributed by atoms with Gasteiger partial charge in [0.2, 0.25) is 0 Å². The fourth-order valence-electron chi connectivity index (χ4n) is 1.51. The van der Waals surface area contributed by atoms with Crippen LogP contribution in [0.3, 0.4) is 0 Å². The lowest BCUT2D eigenvalue weighted by Crippen LogP contribution is -2.03. The van der Waals surface area contributed by atoms with Crippen LogP contribution in [0, 0.1) is 0 Å². The molecule has 0 aliphatic heterocycles. The number of halogens is 1. The van der Waals surface area contributed by atoms with E-state index in [-0.39, 0.29) is 17.2 Å². The maximum absolute atomic E-state index is 10.6. The number of carboxylic acid groups (broad SMARTS) is 1. The molecule has 0 spiro atoms. The molecule has 0 aromatic heterocycles. The number of methoxy groups -OCH3 is 1. The van der Waals surface area contributed by atoms with Crippen molar-refractivity contribution in [1.82, 2.24) is 0 Å². The van der Waals surface area contributed by atoms with Crippen LogP contribution in [-0.4, -0.2) is 23.3 Å². The van der Waals surface area contributed by atoms with Crippen LogP contribution in [0.25, 0.3) is 0 Å².